The van der Waals surface area contributed by atoms with Crippen LogP contribution in [-0.2, 0) is 7.05 Å². The fraction of sp³-hybridized carbons (Fsp3) is 0.185. The van der Waals surface area contributed by atoms with Crippen LogP contribution in [0, 0.1) is 5.82 Å². The van der Waals surface area contributed by atoms with Crippen LogP contribution in [0.1, 0.15) is 17.4 Å². The average molecular weight is 533 g/mol. The summed E-state index contributed by atoms with van der Waals surface area (Å²) in [6, 6.07) is 11.0. The van der Waals surface area contributed by atoms with E-state index in [-0.39, 0.29) is 22.9 Å². The number of rotatable bonds is 9. The number of fused-ring (bicyclic) bond motifs is 1. The molecule has 200 valence electrons. The van der Waals surface area contributed by atoms with Gasteiger partial charge in [0, 0.05) is 42.6 Å². The van der Waals surface area contributed by atoms with E-state index in [0.29, 0.717) is 40.6 Å². The number of anilines is 1. The number of aromatic nitrogens is 5. The fourth-order valence-corrected chi connectivity index (χ4v) is 3.98. The summed E-state index contributed by atoms with van der Waals surface area (Å²) in [5, 5.41) is 11.9. The molecule has 0 saturated heterocycles. The van der Waals surface area contributed by atoms with Crippen LogP contribution in [0.4, 0.5) is 10.1 Å². The van der Waals surface area contributed by atoms with E-state index in [4.69, 9.17) is 18.9 Å². The molecule has 0 aliphatic rings. The van der Waals surface area contributed by atoms with Gasteiger partial charge in [-0.1, -0.05) is 0 Å². The smallest absolute Gasteiger partial charge is 0.280 e. The number of ether oxygens (including phenoxy) is 4. The van der Waals surface area contributed by atoms with Crippen LogP contribution >= 0.6 is 0 Å². The highest BCUT2D eigenvalue weighted by molar-refractivity contribution is 6.04. The number of methoxy groups -OCH3 is 2. The zero-order chi connectivity index (χ0) is 27.5. The van der Waals surface area contributed by atoms with Gasteiger partial charge in [-0.25, -0.2) is 9.07 Å². The highest BCUT2D eigenvalue weighted by Crippen LogP contribution is 2.39. The van der Waals surface area contributed by atoms with Crippen molar-refractivity contribution >= 4 is 22.5 Å². The monoisotopic (exact) mass is 532 g/mol. The molecule has 39 heavy (non-hydrogen) atoms. The maximum Gasteiger partial charge on any atom is 0.280 e. The lowest BCUT2D eigenvalue weighted by molar-refractivity contribution is 0.101. The van der Waals surface area contributed by atoms with E-state index in [1.807, 2.05) is 0 Å². The van der Waals surface area contributed by atoms with Crippen molar-refractivity contribution in [3.05, 3.63) is 72.6 Å². The number of halogens is 1. The Labute approximate surface area is 222 Å². The maximum atomic E-state index is 15.1. The molecule has 1 N–H and O–H groups in total. The molecule has 3 aromatic heterocycles. The van der Waals surface area contributed by atoms with E-state index < -0.39 is 11.7 Å². The van der Waals surface area contributed by atoms with Gasteiger partial charge in [-0.3, -0.25) is 14.5 Å². The standard InChI is InChI=1S/C27H25FN6O5/c1-5-38-22-15-34(23-11-13-33(2)31-23)32-25(22)27(35)30-16-6-8-20(18(28)14-16)39-19-10-12-29-24-17(19)7-9-21(36-3)26(24)37-4/h6-15H,5H2,1-4H3,(H,30,35). The first kappa shape index (κ1) is 25.5. The summed E-state index contributed by atoms with van der Waals surface area (Å²) in [6.45, 7) is 2.13. The van der Waals surface area contributed by atoms with Crippen molar-refractivity contribution in [2.24, 2.45) is 7.05 Å². The summed E-state index contributed by atoms with van der Waals surface area (Å²) in [6.07, 6.45) is 4.86. The molecule has 0 spiro atoms. The van der Waals surface area contributed by atoms with E-state index in [1.165, 1.54) is 37.2 Å². The molecule has 5 rings (SSSR count). The summed E-state index contributed by atoms with van der Waals surface area (Å²) in [4.78, 5) is 17.4. The maximum absolute atomic E-state index is 15.1. The zero-order valence-electron chi connectivity index (χ0n) is 21.6. The van der Waals surface area contributed by atoms with Crippen molar-refractivity contribution in [2.75, 3.05) is 26.1 Å². The van der Waals surface area contributed by atoms with Crippen molar-refractivity contribution in [1.82, 2.24) is 24.5 Å². The van der Waals surface area contributed by atoms with Crippen molar-refractivity contribution in [1.29, 1.82) is 0 Å². The second-order valence-electron chi connectivity index (χ2n) is 8.27. The molecular weight excluding hydrogens is 507 g/mol. The molecule has 11 nitrogen and oxygen atoms in total. The van der Waals surface area contributed by atoms with E-state index in [9.17, 15) is 4.79 Å². The quantitative estimate of drug-likeness (QED) is 0.289. The lowest BCUT2D eigenvalue weighted by atomic mass is 10.1. The second kappa shape index (κ2) is 10.7. The van der Waals surface area contributed by atoms with Crippen LogP contribution in [0.5, 0.6) is 28.7 Å². The Morgan fingerprint density at radius 1 is 1.00 bits per heavy atom. The van der Waals surface area contributed by atoms with Gasteiger partial charge in [-0.15, -0.1) is 0 Å². The summed E-state index contributed by atoms with van der Waals surface area (Å²) in [5.74, 6) is 0.837. The molecule has 0 radical (unpaired) electrons. The number of carbonyl (C=O) groups is 1. The molecule has 0 fully saturated rings. The first-order chi connectivity index (χ1) is 18.9. The number of amides is 1. The van der Waals surface area contributed by atoms with Crippen molar-refractivity contribution < 1.29 is 28.1 Å². The molecule has 0 saturated carbocycles. The molecule has 2 aromatic carbocycles. The third-order valence-corrected chi connectivity index (χ3v) is 5.75. The molecule has 0 aliphatic carbocycles. The Hall–Kier alpha value is -5.13. The predicted octanol–water partition coefficient (Wildman–Crippen LogP) is 4.75. The van der Waals surface area contributed by atoms with Gasteiger partial charge >= 0.3 is 0 Å². The van der Waals surface area contributed by atoms with Gasteiger partial charge in [-0.2, -0.15) is 10.2 Å². The van der Waals surface area contributed by atoms with Crippen LogP contribution in [-0.4, -0.2) is 51.3 Å². The van der Waals surface area contributed by atoms with Crippen LogP contribution in [0.3, 0.4) is 0 Å². The number of hydrogen-bond donors (Lipinski definition) is 1. The van der Waals surface area contributed by atoms with Crippen molar-refractivity contribution in [2.45, 2.75) is 6.92 Å². The number of carbonyl (C=O) groups excluding carboxylic acids is 1. The third-order valence-electron chi connectivity index (χ3n) is 5.75. The number of benzene rings is 2. The molecule has 0 atom stereocenters. The summed E-state index contributed by atoms with van der Waals surface area (Å²) in [7, 11) is 4.82. The first-order valence-corrected chi connectivity index (χ1v) is 11.9. The lowest BCUT2D eigenvalue weighted by Gasteiger charge is -2.14. The normalized spacial score (nSPS) is 10.9. The highest BCUT2D eigenvalue weighted by atomic mass is 19.1. The molecule has 1 amide bonds. The number of pyridine rings is 1. The average Bonchev–Trinajstić information content (AvgIpc) is 3.56. The van der Waals surface area contributed by atoms with Gasteiger partial charge in [0.25, 0.3) is 5.91 Å². The minimum absolute atomic E-state index is 0.0373. The van der Waals surface area contributed by atoms with Gasteiger partial charge in [0.05, 0.1) is 27.0 Å². The minimum atomic E-state index is -0.678. The minimum Gasteiger partial charge on any atom is -0.493 e. The first-order valence-electron chi connectivity index (χ1n) is 11.9. The number of nitrogens with zero attached hydrogens (tertiary/aromatic N) is 5. The van der Waals surface area contributed by atoms with Gasteiger partial charge in [-0.05, 0) is 37.3 Å². The Bertz CT molecular complexity index is 1660. The van der Waals surface area contributed by atoms with Crippen LogP contribution < -0.4 is 24.3 Å². The fourth-order valence-electron chi connectivity index (χ4n) is 3.98. The third kappa shape index (κ3) is 5.04. The van der Waals surface area contributed by atoms with E-state index in [1.54, 1.807) is 55.3 Å². The van der Waals surface area contributed by atoms with Gasteiger partial charge in [0.2, 0.25) is 0 Å². The van der Waals surface area contributed by atoms with Gasteiger partial charge < -0.3 is 24.3 Å². The Morgan fingerprint density at radius 2 is 1.82 bits per heavy atom. The molecule has 5 aromatic rings. The topological polar surface area (TPSA) is 115 Å². The van der Waals surface area contributed by atoms with Crippen molar-refractivity contribution in [3.63, 3.8) is 0 Å². The number of hydrogen-bond acceptors (Lipinski definition) is 8. The SMILES string of the molecule is CCOc1cn(-c2ccn(C)n2)nc1C(=O)Nc1ccc(Oc2ccnc3c(OC)c(OC)ccc23)c(F)c1. The molecule has 0 bridgehead atoms. The van der Waals surface area contributed by atoms with E-state index >= 15 is 4.39 Å². The Morgan fingerprint density at radius 3 is 2.51 bits per heavy atom. The van der Waals surface area contributed by atoms with Crippen molar-refractivity contribution in [3.8, 4) is 34.6 Å². The molecule has 0 unspecified atom stereocenters. The largest absolute Gasteiger partial charge is 0.493 e. The number of aryl methyl sites for hydroxylation is 1. The molecule has 12 heteroatoms. The Kier molecular flexibility index (Phi) is 7.00. The van der Waals surface area contributed by atoms with Gasteiger partial charge in [0.15, 0.2) is 40.3 Å². The second-order valence-corrected chi connectivity index (χ2v) is 8.27. The van der Waals surface area contributed by atoms with Crippen LogP contribution in [0.15, 0.2) is 61.1 Å². The van der Waals surface area contributed by atoms with Crippen LogP contribution in [0.25, 0.3) is 16.7 Å². The lowest BCUT2D eigenvalue weighted by Crippen LogP contribution is -2.14. The summed E-state index contributed by atoms with van der Waals surface area (Å²) >= 11 is 0. The molecule has 3 heterocycles. The molecular formula is C27H25FN6O5. The molecule has 0 aliphatic heterocycles. The van der Waals surface area contributed by atoms with Crippen LogP contribution in [0.2, 0.25) is 0 Å². The predicted molar refractivity (Wildman–Crippen MR) is 141 cm³/mol. The van der Waals surface area contributed by atoms with Gasteiger partial charge in [0.1, 0.15) is 11.3 Å². The summed E-state index contributed by atoms with van der Waals surface area (Å²) in [5.41, 5.74) is 0.760. The summed E-state index contributed by atoms with van der Waals surface area (Å²) < 4.78 is 40.4. The Balaban J connectivity index is 1.38. The van der Waals surface area contributed by atoms with E-state index in [2.05, 4.69) is 20.5 Å². The van der Waals surface area contributed by atoms with E-state index in [0.717, 1.165) is 6.07 Å². The zero-order valence-corrected chi connectivity index (χ0v) is 21.6. The highest BCUT2D eigenvalue weighted by Gasteiger charge is 2.21. The number of nitrogens with one attached hydrogen (secondary N) is 1.